The smallest absolute Gasteiger partial charge is 0.0907 e. The number of nitrogens with zero attached hydrogens (tertiary/aromatic N) is 1. The van der Waals surface area contributed by atoms with Gasteiger partial charge in [-0.2, -0.15) is 0 Å². The van der Waals surface area contributed by atoms with Gasteiger partial charge >= 0.3 is 0 Å². The van der Waals surface area contributed by atoms with Crippen LogP contribution in [0, 0.1) is 0 Å². The predicted molar refractivity (Wildman–Crippen MR) is 101 cm³/mol. The summed E-state index contributed by atoms with van der Waals surface area (Å²) in [6, 6.07) is 1.50. The van der Waals surface area contributed by atoms with Crippen LogP contribution in [-0.4, -0.2) is 55.5 Å². The Morgan fingerprint density at radius 3 is 1.48 bits per heavy atom. The Morgan fingerprint density at radius 2 is 1.05 bits per heavy atom. The fraction of sp³-hybridized carbons (Fsp3) is 1.00. The molecule has 0 saturated heterocycles. The van der Waals surface area contributed by atoms with Gasteiger partial charge in [0.05, 0.1) is 27.7 Å². The topological polar surface area (TPSA) is 12.0 Å². The van der Waals surface area contributed by atoms with Gasteiger partial charge in [0.2, 0.25) is 0 Å². The van der Waals surface area contributed by atoms with E-state index in [9.17, 15) is 0 Å². The second-order valence-electron chi connectivity index (χ2n) is 7.65. The lowest BCUT2D eigenvalue weighted by Crippen LogP contribution is -2.40. The molecule has 0 aromatic rings. The maximum absolute atomic E-state index is 3.56. The molecule has 0 aliphatic rings. The summed E-state index contributed by atoms with van der Waals surface area (Å²) in [5.74, 6) is 0. The number of quaternary nitrogens is 1. The Kier molecular flexibility index (Phi) is 15.1. The maximum atomic E-state index is 3.56. The van der Waals surface area contributed by atoms with Crippen molar-refractivity contribution in [2.75, 3.05) is 40.8 Å². The average molecular weight is 316 g/mol. The molecule has 0 saturated carbocycles. The van der Waals surface area contributed by atoms with E-state index in [1.807, 2.05) is 0 Å². The standard InChI is InChI=1S/C18H43N2Si/c1-20(2,3)17-16-19-15-13-11-9-7-5-4-6-8-10-12-14-18-21/h19H,4-18H2,1-3,21H3/q+1. The lowest BCUT2D eigenvalue weighted by atomic mass is 10.1. The molecular formula is C18H43N2Si+. The first kappa shape index (κ1) is 21.1. The second-order valence-corrected chi connectivity index (χ2v) is 8.65. The summed E-state index contributed by atoms with van der Waals surface area (Å²) in [6.45, 7) is 3.59. The fourth-order valence-corrected chi connectivity index (χ4v) is 3.13. The van der Waals surface area contributed by atoms with Crippen molar-refractivity contribution in [2.45, 2.75) is 76.7 Å². The molecule has 0 bridgehead atoms. The lowest BCUT2D eigenvalue weighted by molar-refractivity contribution is -0.869. The van der Waals surface area contributed by atoms with Gasteiger partial charge in [0.25, 0.3) is 0 Å². The maximum Gasteiger partial charge on any atom is 0.0907 e. The van der Waals surface area contributed by atoms with Crippen LogP contribution < -0.4 is 5.32 Å². The summed E-state index contributed by atoms with van der Waals surface area (Å²) in [5, 5.41) is 3.56. The summed E-state index contributed by atoms with van der Waals surface area (Å²) < 4.78 is 1.06. The van der Waals surface area contributed by atoms with Gasteiger partial charge in [-0.3, -0.25) is 0 Å². The van der Waals surface area contributed by atoms with Crippen molar-refractivity contribution in [2.24, 2.45) is 0 Å². The molecule has 0 aromatic heterocycles. The average Bonchev–Trinajstić information content (AvgIpc) is 2.42. The highest BCUT2D eigenvalue weighted by molar-refractivity contribution is 6.08. The minimum atomic E-state index is 1.06. The van der Waals surface area contributed by atoms with Crippen LogP contribution in [0.4, 0.5) is 0 Å². The SMILES string of the molecule is C[N+](C)(C)CCNCCCCCCCCCCCCC[SiH3]. The van der Waals surface area contributed by atoms with Crippen molar-refractivity contribution in [3.8, 4) is 0 Å². The van der Waals surface area contributed by atoms with Gasteiger partial charge in [-0.05, 0) is 13.0 Å². The van der Waals surface area contributed by atoms with Crippen LogP contribution in [0.3, 0.4) is 0 Å². The first-order valence-electron chi connectivity index (χ1n) is 9.57. The van der Waals surface area contributed by atoms with E-state index in [-0.39, 0.29) is 0 Å². The molecule has 0 aliphatic carbocycles. The number of unbranched alkanes of at least 4 members (excludes halogenated alkanes) is 10. The minimum absolute atomic E-state index is 1.06. The molecule has 0 unspecified atom stereocenters. The van der Waals surface area contributed by atoms with Crippen LogP contribution in [0.25, 0.3) is 0 Å². The van der Waals surface area contributed by atoms with Crippen LogP contribution in [0.2, 0.25) is 6.04 Å². The Morgan fingerprint density at radius 1 is 0.619 bits per heavy atom. The van der Waals surface area contributed by atoms with Crippen molar-refractivity contribution in [1.29, 1.82) is 0 Å². The van der Waals surface area contributed by atoms with Crippen LogP contribution >= 0.6 is 0 Å². The van der Waals surface area contributed by atoms with Gasteiger partial charge in [0.1, 0.15) is 0 Å². The summed E-state index contributed by atoms with van der Waals surface area (Å²) in [6.07, 6.45) is 16.1. The molecule has 0 fully saturated rings. The van der Waals surface area contributed by atoms with Crippen LogP contribution in [0.1, 0.15) is 70.6 Å². The van der Waals surface area contributed by atoms with E-state index < -0.39 is 0 Å². The molecule has 0 heterocycles. The Hall–Kier alpha value is 0.137. The van der Waals surface area contributed by atoms with Crippen molar-refractivity contribution in [1.82, 2.24) is 5.32 Å². The van der Waals surface area contributed by atoms with Crippen LogP contribution in [0.15, 0.2) is 0 Å². The van der Waals surface area contributed by atoms with E-state index in [1.165, 1.54) is 100 Å². The van der Waals surface area contributed by atoms with Crippen molar-refractivity contribution in [3.63, 3.8) is 0 Å². The van der Waals surface area contributed by atoms with Gasteiger partial charge in [0.15, 0.2) is 0 Å². The molecule has 2 nitrogen and oxygen atoms in total. The summed E-state index contributed by atoms with van der Waals surface area (Å²) in [5.41, 5.74) is 0. The van der Waals surface area contributed by atoms with E-state index in [0.717, 1.165) is 11.0 Å². The molecule has 21 heavy (non-hydrogen) atoms. The van der Waals surface area contributed by atoms with Crippen molar-refractivity contribution >= 4 is 10.2 Å². The minimum Gasteiger partial charge on any atom is -0.330 e. The zero-order valence-electron chi connectivity index (χ0n) is 15.6. The van der Waals surface area contributed by atoms with E-state index in [4.69, 9.17) is 0 Å². The Labute approximate surface area is 138 Å². The number of likely N-dealkylation sites (N-methyl/N-ethyl adjacent to an activating group) is 1. The Bertz CT molecular complexity index is 202. The summed E-state index contributed by atoms with van der Waals surface area (Å²) in [7, 11) is 8.17. The quantitative estimate of drug-likeness (QED) is 0.262. The van der Waals surface area contributed by atoms with Crippen LogP contribution in [-0.2, 0) is 0 Å². The van der Waals surface area contributed by atoms with Gasteiger partial charge in [-0.15, -0.1) is 0 Å². The van der Waals surface area contributed by atoms with Crippen LogP contribution in [0.5, 0.6) is 0 Å². The highest BCUT2D eigenvalue weighted by atomic mass is 28.1. The van der Waals surface area contributed by atoms with E-state index in [2.05, 4.69) is 26.5 Å². The molecule has 0 rings (SSSR count). The highest BCUT2D eigenvalue weighted by Gasteiger charge is 2.04. The van der Waals surface area contributed by atoms with Crippen molar-refractivity contribution in [3.05, 3.63) is 0 Å². The Balaban J connectivity index is 3.00. The molecule has 0 aromatic carbocycles. The molecule has 1 N–H and O–H groups in total. The summed E-state index contributed by atoms with van der Waals surface area (Å²) in [4.78, 5) is 0. The third-order valence-corrected chi connectivity index (χ3v) is 4.87. The van der Waals surface area contributed by atoms with E-state index >= 15 is 0 Å². The number of hydrogen-bond acceptors (Lipinski definition) is 1. The number of hydrogen-bond donors (Lipinski definition) is 1. The molecule has 0 amide bonds. The molecule has 0 spiro atoms. The van der Waals surface area contributed by atoms with Gasteiger partial charge in [0, 0.05) is 16.8 Å². The molecule has 3 heteroatoms. The molecule has 0 aliphatic heterocycles. The largest absolute Gasteiger partial charge is 0.330 e. The van der Waals surface area contributed by atoms with Gasteiger partial charge < -0.3 is 9.80 Å². The number of rotatable bonds is 16. The zero-order chi connectivity index (χ0) is 15.8. The third-order valence-electron chi connectivity index (χ3n) is 4.17. The van der Waals surface area contributed by atoms with Crippen molar-refractivity contribution < 1.29 is 4.48 Å². The monoisotopic (exact) mass is 315 g/mol. The van der Waals surface area contributed by atoms with E-state index in [0.29, 0.717) is 0 Å². The summed E-state index contributed by atoms with van der Waals surface area (Å²) >= 11 is 0. The van der Waals surface area contributed by atoms with Gasteiger partial charge in [-0.1, -0.05) is 70.3 Å². The first-order chi connectivity index (χ1) is 10.1. The molecule has 128 valence electrons. The fourth-order valence-electron chi connectivity index (χ4n) is 2.63. The lowest BCUT2D eigenvalue weighted by Gasteiger charge is -2.23. The van der Waals surface area contributed by atoms with E-state index in [1.54, 1.807) is 0 Å². The molecule has 0 atom stereocenters. The predicted octanol–water partition coefficient (Wildman–Crippen LogP) is 3.36. The molecule has 0 radical (unpaired) electrons. The first-order valence-corrected chi connectivity index (χ1v) is 11.0. The van der Waals surface area contributed by atoms with Gasteiger partial charge in [-0.25, -0.2) is 0 Å². The highest BCUT2D eigenvalue weighted by Crippen LogP contribution is 2.11. The zero-order valence-corrected chi connectivity index (χ0v) is 17.6. The number of nitrogens with one attached hydrogen (secondary N) is 1. The third kappa shape index (κ3) is 20.1. The second kappa shape index (κ2) is 15.0. The molecular weight excluding hydrogens is 272 g/mol. The normalized spacial score (nSPS) is 12.1.